The molecular weight excluding hydrogens is 377 g/mol. The van der Waals surface area contributed by atoms with Gasteiger partial charge < -0.3 is 16.0 Å². The molecule has 1 aromatic heterocycles. The lowest BCUT2D eigenvalue weighted by Crippen LogP contribution is -2.38. The van der Waals surface area contributed by atoms with Crippen LogP contribution >= 0.6 is 11.3 Å². The van der Waals surface area contributed by atoms with E-state index in [9.17, 15) is 18.0 Å². The zero-order valence-electron chi connectivity index (χ0n) is 14.8. The van der Waals surface area contributed by atoms with E-state index < -0.39 is 11.7 Å². The summed E-state index contributed by atoms with van der Waals surface area (Å²) >= 11 is 1.39. The Morgan fingerprint density at radius 1 is 1.07 bits per heavy atom. The first kappa shape index (κ1) is 20.8. The van der Waals surface area contributed by atoms with Crippen molar-refractivity contribution >= 4 is 23.2 Å². The minimum atomic E-state index is -4.33. The zero-order valence-corrected chi connectivity index (χ0v) is 15.6. The molecular formula is C18H21F3N4OS. The standard InChI is InChI=1S/C18H21F3N4OS/c1-22-17(24-10-3-9-23-16(26)15-4-2-11-27-15)25-12-13-5-7-14(8-6-13)18(19,20)21/h2,4-8,11H,3,9-10,12H2,1H3,(H,23,26)(H2,22,24,25). The summed E-state index contributed by atoms with van der Waals surface area (Å²) in [6, 6.07) is 8.58. The van der Waals surface area contributed by atoms with Crippen molar-refractivity contribution in [2.75, 3.05) is 20.1 Å². The van der Waals surface area contributed by atoms with Gasteiger partial charge in [0, 0.05) is 26.7 Å². The number of hydrogen-bond donors (Lipinski definition) is 3. The summed E-state index contributed by atoms with van der Waals surface area (Å²) in [5, 5.41) is 10.8. The van der Waals surface area contributed by atoms with Crippen LogP contribution in [0.1, 0.15) is 27.2 Å². The second kappa shape index (κ2) is 9.96. The maximum atomic E-state index is 12.5. The van der Waals surface area contributed by atoms with Crippen LogP contribution < -0.4 is 16.0 Å². The van der Waals surface area contributed by atoms with Crippen molar-refractivity contribution in [2.45, 2.75) is 19.1 Å². The van der Waals surface area contributed by atoms with E-state index in [1.165, 1.54) is 23.5 Å². The summed E-state index contributed by atoms with van der Waals surface area (Å²) in [6.07, 6.45) is -3.62. The molecule has 0 aliphatic carbocycles. The van der Waals surface area contributed by atoms with Gasteiger partial charge in [-0.25, -0.2) is 0 Å². The summed E-state index contributed by atoms with van der Waals surface area (Å²) < 4.78 is 37.6. The molecule has 3 N–H and O–H groups in total. The van der Waals surface area contributed by atoms with Crippen LogP contribution in [0.3, 0.4) is 0 Å². The van der Waals surface area contributed by atoms with E-state index in [4.69, 9.17) is 0 Å². The van der Waals surface area contributed by atoms with Gasteiger partial charge in [-0.2, -0.15) is 13.2 Å². The molecule has 0 aliphatic heterocycles. The molecule has 0 bridgehead atoms. The van der Waals surface area contributed by atoms with E-state index in [0.29, 0.717) is 42.5 Å². The first-order valence-corrected chi connectivity index (χ1v) is 9.20. The van der Waals surface area contributed by atoms with E-state index in [1.54, 1.807) is 13.1 Å². The lowest BCUT2D eigenvalue weighted by molar-refractivity contribution is -0.137. The van der Waals surface area contributed by atoms with Crippen LogP contribution in [0.5, 0.6) is 0 Å². The van der Waals surface area contributed by atoms with Gasteiger partial charge in [0.1, 0.15) is 0 Å². The van der Waals surface area contributed by atoms with Gasteiger partial charge >= 0.3 is 6.18 Å². The second-order valence-corrected chi connectivity index (χ2v) is 6.58. The third kappa shape index (κ3) is 6.93. The Morgan fingerprint density at radius 2 is 1.78 bits per heavy atom. The Hall–Kier alpha value is -2.55. The van der Waals surface area contributed by atoms with Crippen LogP contribution in [-0.4, -0.2) is 32.0 Å². The number of thiophene rings is 1. The first-order valence-electron chi connectivity index (χ1n) is 8.32. The van der Waals surface area contributed by atoms with Crippen LogP contribution in [-0.2, 0) is 12.7 Å². The predicted octanol–water partition coefficient (Wildman–Crippen LogP) is 3.25. The normalized spacial score (nSPS) is 11.9. The van der Waals surface area contributed by atoms with Crippen LogP contribution in [0.15, 0.2) is 46.8 Å². The number of alkyl halides is 3. The van der Waals surface area contributed by atoms with Crippen molar-refractivity contribution in [3.8, 4) is 0 Å². The summed E-state index contributed by atoms with van der Waals surface area (Å²) in [5.74, 6) is 0.453. The lowest BCUT2D eigenvalue weighted by atomic mass is 10.1. The Balaban J connectivity index is 1.66. The van der Waals surface area contributed by atoms with E-state index in [-0.39, 0.29) is 5.91 Å². The molecule has 2 rings (SSSR count). The van der Waals surface area contributed by atoms with Gasteiger partial charge in [0.25, 0.3) is 5.91 Å². The molecule has 1 aromatic carbocycles. The van der Waals surface area contributed by atoms with Gasteiger partial charge in [0.2, 0.25) is 0 Å². The largest absolute Gasteiger partial charge is 0.416 e. The summed E-state index contributed by atoms with van der Waals surface area (Å²) in [6.45, 7) is 1.48. The van der Waals surface area contributed by atoms with Gasteiger partial charge in [0.05, 0.1) is 10.4 Å². The number of guanidine groups is 1. The summed E-state index contributed by atoms with van der Waals surface area (Å²) in [5.41, 5.74) is 0.0486. The number of benzene rings is 1. The zero-order chi connectivity index (χ0) is 19.7. The number of nitrogens with zero attached hydrogens (tertiary/aromatic N) is 1. The Labute approximate surface area is 159 Å². The van der Waals surface area contributed by atoms with Gasteiger partial charge in [-0.3, -0.25) is 9.79 Å². The topological polar surface area (TPSA) is 65.5 Å². The van der Waals surface area contributed by atoms with Crippen molar-refractivity contribution in [3.63, 3.8) is 0 Å². The molecule has 0 aliphatic rings. The quantitative estimate of drug-likeness (QED) is 0.381. The van der Waals surface area contributed by atoms with Crippen molar-refractivity contribution < 1.29 is 18.0 Å². The van der Waals surface area contributed by atoms with Gasteiger partial charge in [0.15, 0.2) is 5.96 Å². The molecule has 0 atom stereocenters. The summed E-state index contributed by atoms with van der Waals surface area (Å²) in [4.78, 5) is 16.5. The molecule has 0 fully saturated rings. The molecule has 0 saturated heterocycles. The minimum Gasteiger partial charge on any atom is -0.356 e. The van der Waals surface area contributed by atoms with Crippen LogP contribution in [0.2, 0.25) is 0 Å². The number of hydrogen-bond acceptors (Lipinski definition) is 3. The SMILES string of the molecule is CN=C(NCCCNC(=O)c1cccs1)NCc1ccc(C(F)(F)F)cc1. The number of aliphatic imine (C=N–C) groups is 1. The fraction of sp³-hybridized carbons (Fsp3) is 0.333. The molecule has 0 radical (unpaired) electrons. The van der Waals surface area contributed by atoms with Gasteiger partial charge in [-0.05, 0) is 35.6 Å². The van der Waals surface area contributed by atoms with E-state index in [2.05, 4.69) is 20.9 Å². The number of carbonyl (C=O) groups is 1. The molecule has 5 nitrogen and oxygen atoms in total. The van der Waals surface area contributed by atoms with E-state index in [1.807, 2.05) is 11.4 Å². The Kier molecular flexibility index (Phi) is 7.66. The van der Waals surface area contributed by atoms with Crippen LogP contribution in [0, 0.1) is 0 Å². The number of carbonyl (C=O) groups excluding carboxylic acids is 1. The van der Waals surface area contributed by atoms with Crippen molar-refractivity contribution in [3.05, 3.63) is 57.8 Å². The van der Waals surface area contributed by atoms with Crippen molar-refractivity contribution in [2.24, 2.45) is 4.99 Å². The fourth-order valence-corrected chi connectivity index (χ4v) is 2.85. The Bertz CT molecular complexity index is 743. The highest BCUT2D eigenvalue weighted by Gasteiger charge is 2.29. The minimum absolute atomic E-state index is 0.0881. The maximum absolute atomic E-state index is 12.5. The molecule has 2 aromatic rings. The van der Waals surface area contributed by atoms with E-state index in [0.717, 1.165) is 12.1 Å². The maximum Gasteiger partial charge on any atom is 0.416 e. The molecule has 0 saturated carbocycles. The molecule has 27 heavy (non-hydrogen) atoms. The average Bonchev–Trinajstić information content (AvgIpc) is 3.18. The molecule has 1 amide bonds. The predicted molar refractivity (Wildman–Crippen MR) is 101 cm³/mol. The van der Waals surface area contributed by atoms with Crippen molar-refractivity contribution in [1.29, 1.82) is 0 Å². The second-order valence-electron chi connectivity index (χ2n) is 5.63. The van der Waals surface area contributed by atoms with Gasteiger partial charge in [-0.15, -0.1) is 11.3 Å². The number of halogens is 3. The molecule has 1 heterocycles. The molecule has 0 unspecified atom stereocenters. The molecule has 146 valence electrons. The lowest BCUT2D eigenvalue weighted by Gasteiger charge is -2.13. The Morgan fingerprint density at radius 3 is 2.37 bits per heavy atom. The molecule has 0 spiro atoms. The highest BCUT2D eigenvalue weighted by atomic mass is 32.1. The third-order valence-corrected chi connectivity index (χ3v) is 4.51. The highest BCUT2D eigenvalue weighted by Crippen LogP contribution is 2.29. The number of rotatable bonds is 7. The smallest absolute Gasteiger partial charge is 0.356 e. The van der Waals surface area contributed by atoms with Crippen molar-refractivity contribution in [1.82, 2.24) is 16.0 Å². The van der Waals surface area contributed by atoms with Crippen LogP contribution in [0.25, 0.3) is 0 Å². The number of nitrogens with one attached hydrogen (secondary N) is 3. The highest BCUT2D eigenvalue weighted by molar-refractivity contribution is 7.12. The van der Waals surface area contributed by atoms with Crippen LogP contribution in [0.4, 0.5) is 13.2 Å². The third-order valence-electron chi connectivity index (χ3n) is 3.64. The number of amides is 1. The van der Waals surface area contributed by atoms with E-state index >= 15 is 0 Å². The fourth-order valence-electron chi connectivity index (χ4n) is 2.21. The first-order chi connectivity index (χ1) is 12.9. The van der Waals surface area contributed by atoms with Gasteiger partial charge in [-0.1, -0.05) is 18.2 Å². The summed E-state index contributed by atoms with van der Waals surface area (Å²) in [7, 11) is 1.61. The molecule has 9 heteroatoms. The monoisotopic (exact) mass is 398 g/mol. The average molecular weight is 398 g/mol.